The topological polar surface area (TPSA) is 35.6 Å². The molecule has 1 heterocycles. The van der Waals surface area contributed by atoms with Gasteiger partial charge in [0.1, 0.15) is 0 Å². The van der Waals surface area contributed by atoms with Crippen LogP contribution in [-0.4, -0.2) is 55.1 Å². The first-order valence-corrected chi connectivity index (χ1v) is 6.44. The number of nitrogens with zero attached hydrogens (tertiary/aromatic N) is 2. The molecule has 1 aliphatic heterocycles. The molecule has 1 atom stereocenters. The average Bonchev–Trinajstić information content (AvgIpc) is 2.31. The Balaban J connectivity index is 2.62. The molecule has 1 fully saturated rings. The lowest BCUT2D eigenvalue weighted by molar-refractivity contribution is 0.118. The first-order valence-electron chi connectivity index (χ1n) is 6.44. The molecule has 0 aliphatic carbocycles. The van der Waals surface area contributed by atoms with Crippen molar-refractivity contribution in [1.82, 2.24) is 15.1 Å². The number of nitrogens with one attached hydrogen (secondary N) is 1. The van der Waals surface area contributed by atoms with E-state index in [1.54, 1.807) is 0 Å². The molecule has 1 unspecified atom stereocenters. The van der Waals surface area contributed by atoms with Crippen molar-refractivity contribution in [3.63, 3.8) is 0 Å². The zero-order valence-corrected chi connectivity index (χ0v) is 10.8. The van der Waals surface area contributed by atoms with Crippen LogP contribution in [-0.2, 0) is 0 Å². The van der Waals surface area contributed by atoms with Gasteiger partial charge in [-0.2, -0.15) is 0 Å². The Kier molecular flexibility index (Phi) is 5.60. The normalized spacial score (nSPS) is 20.9. The molecular formula is C12H25N3O. The number of hydrogen-bond donors (Lipinski definition) is 1. The molecule has 0 spiro atoms. The molecule has 0 aromatic heterocycles. The summed E-state index contributed by atoms with van der Waals surface area (Å²) < 4.78 is 0. The fourth-order valence-corrected chi connectivity index (χ4v) is 2.38. The molecule has 16 heavy (non-hydrogen) atoms. The zero-order chi connectivity index (χ0) is 12.0. The highest BCUT2D eigenvalue weighted by Gasteiger charge is 2.28. The largest absolute Gasteiger partial charge is 0.325 e. The Morgan fingerprint density at radius 3 is 2.62 bits per heavy atom. The van der Waals surface area contributed by atoms with E-state index in [-0.39, 0.29) is 6.03 Å². The fourth-order valence-electron chi connectivity index (χ4n) is 2.38. The molecule has 1 N–H and O–H groups in total. The summed E-state index contributed by atoms with van der Waals surface area (Å²) >= 11 is 0. The van der Waals surface area contributed by atoms with Gasteiger partial charge in [0.15, 0.2) is 0 Å². The summed E-state index contributed by atoms with van der Waals surface area (Å²) in [6.07, 6.45) is 3.52. The highest BCUT2D eigenvalue weighted by atomic mass is 16.2. The minimum atomic E-state index is 0.213. The molecule has 0 saturated carbocycles. The SMILES string of the molecule is CCN(CC)C(=O)N1CCCCC1CNC. The summed E-state index contributed by atoms with van der Waals surface area (Å²) in [5, 5.41) is 3.18. The Morgan fingerprint density at radius 1 is 1.38 bits per heavy atom. The van der Waals surface area contributed by atoms with Crippen LogP contribution >= 0.6 is 0 Å². The summed E-state index contributed by atoms with van der Waals surface area (Å²) in [5.41, 5.74) is 0. The summed E-state index contributed by atoms with van der Waals surface area (Å²) in [4.78, 5) is 16.2. The van der Waals surface area contributed by atoms with E-state index in [0.29, 0.717) is 6.04 Å². The molecular weight excluding hydrogens is 202 g/mol. The Morgan fingerprint density at radius 2 is 2.06 bits per heavy atom. The van der Waals surface area contributed by atoms with Gasteiger partial charge < -0.3 is 15.1 Å². The van der Waals surface area contributed by atoms with Gasteiger partial charge in [0, 0.05) is 32.2 Å². The van der Waals surface area contributed by atoms with Gasteiger partial charge in [0.05, 0.1) is 0 Å². The highest BCUT2D eigenvalue weighted by Crippen LogP contribution is 2.18. The van der Waals surface area contributed by atoms with E-state index in [0.717, 1.165) is 39.0 Å². The van der Waals surface area contributed by atoms with Crippen molar-refractivity contribution in [3.8, 4) is 0 Å². The van der Waals surface area contributed by atoms with Crippen LogP contribution in [0.5, 0.6) is 0 Å². The number of hydrogen-bond acceptors (Lipinski definition) is 2. The molecule has 0 aromatic carbocycles. The number of rotatable bonds is 4. The average molecular weight is 227 g/mol. The maximum absolute atomic E-state index is 12.3. The summed E-state index contributed by atoms with van der Waals surface area (Å²) in [7, 11) is 1.95. The van der Waals surface area contributed by atoms with Crippen LogP contribution in [0.15, 0.2) is 0 Å². The number of urea groups is 1. The van der Waals surface area contributed by atoms with Gasteiger partial charge in [-0.1, -0.05) is 0 Å². The first-order chi connectivity index (χ1) is 7.74. The van der Waals surface area contributed by atoms with E-state index in [1.807, 2.05) is 30.7 Å². The second-order valence-electron chi connectivity index (χ2n) is 4.36. The number of amides is 2. The van der Waals surface area contributed by atoms with Crippen molar-refractivity contribution in [2.75, 3.05) is 33.2 Å². The van der Waals surface area contributed by atoms with E-state index in [9.17, 15) is 4.79 Å². The van der Waals surface area contributed by atoms with Crippen molar-refractivity contribution in [2.45, 2.75) is 39.2 Å². The van der Waals surface area contributed by atoms with E-state index in [4.69, 9.17) is 0 Å². The summed E-state index contributed by atoms with van der Waals surface area (Å²) in [6.45, 7) is 7.52. The molecule has 0 aromatic rings. The molecule has 1 saturated heterocycles. The van der Waals surface area contributed by atoms with Crippen molar-refractivity contribution in [2.24, 2.45) is 0 Å². The quantitative estimate of drug-likeness (QED) is 0.790. The second-order valence-corrected chi connectivity index (χ2v) is 4.36. The molecule has 1 aliphatic rings. The Hall–Kier alpha value is -0.770. The van der Waals surface area contributed by atoms with E-state index >= 15 is 0 Å². The molecule has 0 radical (unpaired) electrons. The maximum Gasteiger partial charge on any atom is 0.320 e. The van der Waals surface area contributed by atoms with Crippen LogP contribution in [0.2, 0.25) is 0 Å². The Labute approximate surface area is 99.0 Å². The molecule has 94 valence electrons. The number of likely N-dealkylation sites (tertiary alicyclic amines) is 1. The van der Waals surface area contributed by atoms with Gasteiger partial charge in [-0.3, -0.25) is 0 Å². The molecule has 4 nitrogen and oxygen atoms in total. The van der Waals surface area contributed by atoms with E-state index in [2.05, 4.69) is 5.32 Å². The van der Waals surface area contributed by atoms with Gasteiger partial charge in [-0.15, -0.1) is 0 Å². The smallest absolute Gasteiger partial charge is 0.320 e. The number of carbonyl (C=O) groups excluding carboxylic acids is 1. The lowest BCUT2D eigenvalue weighted by atomic mass is 10.0. The van der Waals surface area contributed by atoms with Crippen LogP contribution in [0.3, 0.4) is 0 Å². The minimum Gasteiger partial charge on any atom is -0.325 e. The van der Waals surface area contributed by atoms with Gasteiger partial charge in [0.2, 0.25) is 0 Å². The predicted molar refractivity (Wildman–Crippen MR) is 66.6 cm³/mol. The monoisotopic (exact) mass is 227 g/mol. The number of carbonyl (C=O) groups is 1. The third-order valence-electron chi connectivity index (χ3n) is 3.35. The van der Waals surface area contributed by atoms with Crippen molar-refractivity contribution >= 4 is 6.03 Å². The van der Waals surface area contributed by atoms with E-state index < -0.39 is 0 Å². The molecule has 4 heteroatoms. The van der Waals surface area contributed by atoms with Gasteiger partial charge in [-0.25, -0.2) is 4.79 Å². The second kappa shape index (κ2) is 6.74. The number of piperidine rings is 1. The predicted octanol–water partition coefficient (Wildman–Crippen LogP) is 1.52. The third-order valence-corrected chi connectivity index (χ3v) is 3.35. The summed E-state index contributed by atoms with van der Waals surface area (Å²) in [6, 6.07) is 0.594. The molecule has 2 amide bonds. The fraction of sp³-hybridized carbons (Fsp3) is 0.917. The van der Waals surface area contributed by atoms with Crippen LogP contribution in [0, 0.1) is 0 Å². The van der Waals surface area contributed by atoms with Crippen molar-refractivity contribution < 1.29 is 4.79 Å². The maximum atomic E-state index is 12.3. The third kappa shape index (κ3) is 3.11. The molecule has 0 bridgehead atoms. The van der Waals surface area contributed by atoms with Crippen LogP contribution in [0.1, 0.15) is 33.1 Å². The van der Waals surface area contributed by atoms with Crippen molar-refractivity contribution in [1.29, 1.82) is 0 Å². The lowest BCUT2D eigenvalue weighted by Crippen LogP contribution is -2.53. The highest BCUT2D eigenvalue weighted by molar-refractivity contribution is 5.74. The van der Waals surface area contributed by atoms with Crippen LogP contribution in [0.25, 0.3) is 0 Å². The lowest BCUT2D eigenvalue weighted by Gasteiger charge is -2.38. The Bertz CT molecular complexity index is 214. The standard InChI is InChI=1S/C12H25N3O/c1-4-14(5-2)12(16)15-9-7-6-8-11(15)10-13-3/h11,13H,4-10H2,1-3H3. The van der Waals surface area contributed by atoms with E-state index in [1.165, 1.54) is 6.42 Å². The first kappa shape index (κ1) is 13.3. The van der Waals surface area contributed by atoms with Gasteiger partial charge >= 0.3 is 6.03 Å². The number of likely N-dealkylation sites (N-methyl/N-ethyl adjacent to an activating group) is 1. The van der Waals surface area contributed by atoms with Crippen molar-refractivity contribution in [3.05, 3.63) is 0 Å². The summed E-state index contributed by atoms with van der Waals surface area (Å²) in [5.74, 6) is 0. The van der Waals surface area contributed by atoms with Crippen LogP contribution < -0.4 is 5.32 Å². The van der Waals surface area contributed by atoms with Gasteiger partial charge in [0.25, 0.3) is 0 Å². The van der Waals surface area contributed by atoms with Gasteiger partial charge in [-0.05, 0) is 40.2 Å². The zero-order valence-electron chi connectivity index (χ0n) is 10.8. The molecule has 1 rings (SSSR count). The minimum absolute atomic E-state index is 0.213. The van der Waals surface area contributed by atoms with Crippen LogP contribution in [0.4, 0.5) is 4.79 Å².